The zero-order chi connectivity index (χ0) is 18.4. The Kier molecular flexibility index (Phi) is 6.52. The summed E-state index contributed by atoms with van der Waals surface area (Å²) in [5.74, 6) is 0.693. The number of rotatable bonds is 8. The zero-order valence-electron chi connectivity index (χ0n) is 15.6. The maximum absolute atomic E-state index is 12.6. The van der Waals surface area contributed by atoms with Crippen LogP contribution in [0.15, 0.2) is 24.3 Å². The van der Waals surface area contributed by atoms with Crippen molar-refractivity contribution in [2.45, 2.75) is 33.3 Å². The van der Waals surface area contributed by atoms with Gasteiger partial charge in [0, 0.05) is 20.1 Å². The summed E-state index contributed by atoms with van der Waals surface area (Å²) in [5, 5.41) is 11.4. The molecule has 1 aromatic heterocycles. The number of carbonyl (C=O) groups excluding carboxylic acids is 1. The smallest absolute Gasteiger partial charge is 0.276 e. The van der Waals surface area contributed by atoms with Gasteiger partial charge in [-0.3, -0.25) is 4.79 Å². The van der Waals surface area contributed by atoms with Crippen LogP contribution in [-0.4, -0.2) is 59.1 Å². The zero-order valence-corrected chi connectivity index (χ0v) is 15.6. The highest BCUT2D eigenvalue weighted by Gasteiger charge is 2.22. The highest BCUT2D eigenvalue weighted by atomic mass is 16.5. The molecule has 0 fully saturated rings. The molecule has 1 aromatic carbocycles. The van der Waals surface area contributed by atoms with E-state index in [0.29, 0.717) is 18.7 Å². The predicted molar refractivity (Wildman–Crippen MR) is 97.4 cm³/mol. The second-order valence-corrected chi connectivity index (χ2v) is 6.14. The van der Waals surface area contributed by atoms with E-state index in [9.17, 15) is 4.79 Å². The summed E-state index contributed by atoms with van der Waals surface area (Å²) >= 11 is 0. The van der Waals surface area contributed by atoms with Gasteiger partial charge in [0.25, 0.3) is 5.91 Å². The topological polar surface area (TPSA) is 72.3 Å². The molecule has 0 saturated heterocycles. The third kappa shape index (κ3) is 4.57. The lowest BCUT2D eigenvalue weighted by Crippen LogP contribution is -2.33. The molecule has 1 amide bonds. The number of benzene rings is 1. The second-order valence-electron chi connectivity index (χ2n) is 6.14. The first-order chi connectivity index (χ1) is 12.0. The molecule has 0 atom stereocenters. The Morgan fingerprint density at radius 3 is 2.56 bits per heavy atom. The minimum Gasteiger partial charge on any atom is -0.491 e. The molecule has 0 radical (unpaired) electrons. The van der Waals surface area contributed by atoms with Gasteiger partial charge >= 0.3 is 0 Å². The lowest BCUT2D eigenvalue weighted by atomic mass is 10.2. The van der Waals surface area contributed by atoms with E-state index in [1.165, 1.54) is 0 Å². The molecule has 0 unspecified atom stereocenters. The molecule has 7 nitrogen and oxygen atoms in total. The Morgan fingerprint density at radius 2 is 2.00 bits per heavy atom. The Labute approximate surface area is 149 Å². The van der Waals surface area contributed by atoms with Crippen molar-refractivity contribution in [3.8, 4) is 11.4 Å². The van der Waals surface area contributed by atoms with Gasteiger partial charge in [-0.05, 0) is 51.6 Å². The standard InChI is InChI=1S/C18H27N5O2/c1-6-16-17(18(24)22(5)12-11-19-4)20-21-23(16)14-7-9-15(10-8-14)25-13(2)3/h7-10,13,19H,6,11-12H2,1-5H3. The molecule has 0 aliphatic carbocycles. The van der Waals surface area contributed by atoms with Crippen molar-refractivity contribution in [1.29, 1.82) is 0 Å². The molecule has 2 rings (SSSR count). The molecule has 0 saturated carbocycles. The summed E-state index contributed by atoms with van der Waals surface area (Å²) in [4.78, 5) is 14.3. The molecule has 2 aromatic rings. The lowest BCUT2D eigenvalue weighted by molar-refractivity contribution is 0.0790. The number of hydrogen-bond acceptors (Lipinski definition) is 5. The van der Waals surface area contributed by atoms with Crippen LogP contribution < -0.4 is 10.1 Å². The van der Waals surface area contributed by atoms with Crippen molar-refractivity contribution < 1.29 is 9.53 Å². The number of carbonyl (C=O) groups is 1. The van der Waals surface area contributed by atoms with Gasteiger partial charge in [0.2, 0.25) is 0 Å². The van der Waals surface area contributed by atoms with Crippen LogP contribution in [0.2, 0.25) is 0 Å². The van der Waals surface area contributed by atoms with Crippen LogP contribution in [0.3, 0.4) is 0 Å². The predicted octanol–water partition coefficient (Wildman–Crippen LogP) is 1.91. The summed E-state index contributed by atoms with van der Waals surface area (Å²) < 4.78 is 7.38. The Morgan fingerprint density at radius 1 is 1.32 bits per heavy atom. The Hall–Kier alpha value is -2.41. The average Bonchev–Trinajstić information content (AvgIpc) is 3.03. The Bertz CT molecular complexity index is 694. The van der Waals surface area contributed by atoms with Crippen LogP contribution in [0, 0.1) is 0 Å². The summed E-state index contributed by atoms with van der Waals surface area (Å²) in [6, 6.07) is 7.64. The normalized spacial score (nSPS) is 11.0. The summed E-state index contributed by atoms with van der Waals surface area (Å²) in [5.41, 5.74) is 2.07. The van der Waals surface area contributed by atoms with Crippen molar-refractivity contribution >= 4 is 5.91 Å². The summed E-state index contributed by atoms with van der Waals surface area (Å²) in [6.07, 6.45) is 0.791. The van der Waals surface area contributed by atoms with Gasteiger partial charge < -0.3 is 15.0 Å². The number of likely N-dealkylation sites (N-methyl/N-ethyl adjacent to an activating group) is 2. The Balaban J connectivity index is 2.25. The third-order valence-electron chi connectivity index (χ3n) is 3.80. The fraction of sp³-hybridized carbons (Fsp3) is 0.500. The van der Waals surface area contributed by atoms with E-state index < -0.39 is 0 Å². The molecule has 1 heterocycles. The first-order valence-corrected chi connectivity index (χ1v) is 8.59. The number of hydrogen-bond donors (Lipinski definition) is 1. The van der Waals surface area contributed by atoms with E-state index >= 15 is 0 Å². The highest BCUT2D eigenvalue weighted by molar-refractivity contribution is 5.93. The van der Waals surface area contributed by atoms with Gasteiger partial charge in [0.1, 0.15) is 5.75 Å². The molecular weight excluding hydrogens is 318 g/mol. The molecule has 0 bridgehead atoms. The molecule has 7 heteroatoms. The summed E-state index contributed by atoms with van der Waals surface area (Å²) in [6.45, 7) is 7.32. The van der Waals surface area contributed by atoms with E-state index in [1.54, 1.807) is 16.6 Å². The molecule has 136 valence electrons. The maximum atomic E-state index is 12.6. The van der Waals surface area contributed by atoms with Gasteiger partial charge in [0.15, 0.2) is 5.69 Å². The minimum absolute atomic E-state index is 0.113. The van der Waals surface area contributed by atoms with Crippen molar-refractivity contribution in [2.24, 2.45) is 0 Å². The molecule has 1 N–H and O–H groups in total. The first-order valence-electron chi connectivity index (χ1n) is 8.59. The fourth-order valence-corrected chi connectivity index (χ4v) is 2.49. The van der Waals surface area contributed by atoms with Crippen molar-refractivity contribution in [1.82, 2.24) is 25.2 Å². The first kappa shape index (κ1) is 18.9. The van der Waals surface area contributed by atoms with Crippen molar-refractivity contribution in [3.05, 3.63) is 35.7 Å². The summed E-state index contributed by atoms with van der Waals surface area (Å²) in [7, 11) is 3.63. The number of ether oxygens (including phenoxy) is 1. The maximum Gasteiger partial charge on any atom is 0.276 e. The van der Waals surface area contributed by atoms with E-state index in [1.807, 2.05) is 52.1 Å². The average molecular weight is 345 g/mol. The molecule has 0 aliphatic rings. The van der Waals surface area contributed by atoms with Gasteiger partial charge in [-0.1, -0.05) is 12.1 Å². The third-order valence-corrected chi connectivity index (χ3v) is 3.80. The lowest BCUT2D eigenvalue weighted by Gasteiger charge is -2.16. The van der Waals surface area contributed by atoms with Crippen LogP contribution in [0.5, 0.6) is 5.75 Å². The highest BCUT2D eigenvalue weighted by Crippen LogP contribution is 2.19. The SMILES string of the molecule is CCc1c(C(=O)N(C)CCNC)nnn1-c1ccc(OC(C)C)cc1. The van der Waals surface area contributed by atoms with Crippen molar-refractivity contribution in [2.75, 3.05) is 27.2 Å². The number of nitrogens with one attached hydrogen (secondary N) is 1. The molecule has 0 aliphatic heterocycles. The second kappa shape index (κ2) is 8.62. The number of amides is 1. The van der Waals surface area contributed by atoms with Crippen LogP contribution in [0.1, 0.15) is 37.0 Å². The van der Waals surface area contributed by atoms with Crippen LogP contribution in [0.4, 0.5) is 0 Å². The van der Waals surface area contributed by atoms with Crippen LogP contribution >= 0.6 is 0 Å². The van der Waals surface area contributed by atoms with E-state index in [0.717, 1.165) is 23.7 Å². The molecule has 0 spiro atoms. The number of aromatic nitrogens is 3. The monoisotopic (exact) mass is 345 g/mol. The van der Waals surface area contributed by atoms with Gasteiger partial charge in [-0.15, -0.1) is 5.10 Å². The van der Waals surface area contributed by atoms with Crippen LogP contribution in [0.25, 0.3) is 5.69 Å². The number of nitrogens with zero attached hydrogens (tertiary/aromatic N) is 4. The quantitative estimate of drug-likeness (QED) is 0.791. The van der Waals surface area contributed by atoms with Gasteiger partial charge in [0.05, 0.1) is 17.5 Å². The van der Waals surface area contributed by atoms with Gasteiger partial charge in [-0.2, -0.15) is 0 Å². The van der Waals surface area contributed by atoms with Crippen molar-refractivity contribution in [3.63, 3.8) is 0 Å². The van der Waals surface area contributed by atoms with E-state index in [4.69, 9.17) is 4.74 Å². The fourth-order valence-electron chi connectivity index (χ4n) is 2.49. The van der Waals surface area contributed by atoms with E-state index in [2.05, 4.69) is 15.6 Å². The largest absolute Gasteiger partial charge is 0.491 e. The minimum atomic E-state index is -0.113. The molecular formula is C18H27N5O2. The van der Waals surface area contributed by atoms with Gasteiger partial charge in [-0.25, -0.2) is 4.68 Å². The van der Waals surface area contributed by atoms with E-state index in [-0.39, 0.29) is 12.0 Å². The molecule has 25 heavy (non-hydrogen) atoms. The van der Waals surface area contributed by atoms with Crippen LogP contribution in [-0.2, 0) is 6.42 Å².